The first-order valence-electron chi connectivity index (χ1n) is 12.7. The summed E-state index contributed by atoms with van der Waals surface area (Å²) in [6.45, 7) is 43.6. The molecule has 0 bridgehead atoms. The van der Waals surface area contributed by atoms with E-state index in [4.69, 9.17) is 0 Å². The van der Waals surface area contributed by atoms with Gasteiger partial charge < -0.3 is 0 Å². The van der Waals surface area contributed by atoms with Crippen molar-refractivity contribution in [2.75, 3.05) is 0 Å². The minimum Gasteiger partial charge on any atom is -0.0625 e. The van der Waals surface area contributed by atoms with Crippen LogP contribution in [-0.2, 0) is 0 Å². The van der Waals surface area contributed by atoms with E-state index in [0.29, 0.717) is 41.4 Å². The highest BCUT2D eigenvalue weighted by atomic mass is 14.8. The smallest absolute Gasteiger partial charge is 0.0156 e. The van der Waals surface area contributed by atoms with Gasteiger partial charge in [-0.1, -0.05) is 118 Å². The summed E-state index contributed by atoms with van der Waals surface area (Å²) >= 11 is 0. The third-order valence-corrected chi connectivity index (χ3v) is 11.9. The SMILES string of the molecule is CC(C)[C@@H]1[C@H](C)[C@@](C)([C@@H](C)C(C)C)C(C)(C(C)C)[C@](C)(C(C)(C)C)[C@@]1(C)C(C)C. The Morgan fingerprint density at radius 3 is 1.31 bits per heavy atom. The standard InChI is InChI=1S/C29H58/c1-18(2)22(9)27(15)23(10)24(19(3)4)26(14,20(5)6)29(17,25(11,12)13)28(27,16)21(7)8/h18-24H,1-17H3/t22-,23-,24+,26-,27+,28?,29+/m0/s1. The highest BCUT2D eigenvalue weighted by Crippen LogP contribution is 2.80. The lowest BCUT2D eigenvalue weighted by Gasteiger charge is -2.80. The summed E-state index contributed by atoms with van der Waals surface area (Å²) in [7, 11) is 0. The Morgan fingerprint density at radius 2 is 1.07 bits per heavy atom. The minimum atomic E-state index is 0.203. The molecule has 7 atom stereocenters. The van der Waals surface area contributed by atoms with Crippen LogP contribution in [-0.4, -0.2) is 0 Å². The third kappa shape index (κ3) is 3.11. The molecule has 0 amide bonds. The van der Waals surface area contributed by atoms with Crippen LogP contribution in [0.1, 0.15) is 118 Å². The number of hydrogen-bond donors (Lipinski definition) is 0. The minimum absolute atomic E-state index is 0.203. The van der Waals surface area contributed by atoms with Crippen LogP contribution in [0.15, 0.2) is 0 Å². The Bertz CT molecular complexity index is 561. The summed E-state index contributed by atoms with van der Waals surface area (Å²) in [6, 6.07) is 0. The molecular formula is C29H58. The van der Waals surface area contributed by atoms with Gasteiger partial charge in [0, 0.05) is 0 Å². The topological polar surface area (TPSA) is 0 Å². The zero-order chi connectivity index (χ0) is 23.5. The quantitative estimate of drug-likeness (QED) is 0.426. The van der Waals surface area contributed by atoms with Gasteiger partial charge >= 0.3 is 0 Å². The highest BCUT2D eigenvalue weighted by Gasteiger charge is 2.75. The van der Waals surface area contributed by atoms with E-state index in [9.17, 15) is 0 Å². The fourth-order valence-corrected chi connectivity index (χ4v) is 9.40. The van der Waals surface area contributed by atoms with Crippen LogP contribution in [0.3, 0.4) is 0 Å². The van der Waals surface area contributed by atoms with Gasteiger partial charge in [0.2, 0.25) is 0 Å². The lowest BCUT2D eigenvalue weighted by Crippen LogP contribution is -2.75. The second-order valence-corrected chi connectivity index (χ2v) is 14.0. The van der Waals surface area contributed by atoms with Crippen molar-refractivity contribution in [2.24, 2.45) is 68.5 Å². The molecule has 1 aliphatic rings. The molecule has 174 valence electrons. The van der Waals surface area contributed by atoms with Crippen LogP contribution in [0.2, 0.25) is 0 Å². The first kappa shape index (κ1) is 27.0. The molecule has 0 spiro atoms. The van der Waals surface area contributed by atoms with E-state index in [1.54, 1.807) is 0 Å². The van der Waals surface area contributed by atoms with E-state index >= 15 is 0 Å². The van der Waals surface area contributed by atoms with Crippen molar-refractivity contribution in [1.29, 1.82) is 0 Å². The second-order valence-electron chi connectivity index (χ2n) is 14.0. The molecule has 0 aromatic rings. The van der Waals surface area contributed by atoms with E-state index in [2.05, 4.69) is 118 Å². The first-order valence-corrected chi connectivity index (χ1v) is 12.7. The normalized spacial score (nSPS) is 42.9. The average Bonchev–Trinajstić information content (AvgIpc) is 2.55. The van der Waals surface area contributed by atoms with E-state index < -0.39 is 0 Å². The number of rotatable bonds is 5. The van der Waals surface area contributed by atoms with Crippen molar-refractivity contribution in [3.05, 3.63) is 0 Å². The molecule has 0 aliphatic heterocycles. The molecule has 0 N–H and O–H groups in total. The maximum Gasteiger partial charge on any atom is -0.0156 e. The molecule has 0 nitrogen and oxygen atoms in total. The molecular weight excluding hydrogens is 348 g/mol. The van der Waals surface area contributed by atoms with Crippen LogP contribution < -0.4 is 0 Å². The van der Waals surface area contributed by atoms with Gasteiger partial charge in [0.1, 0.15) is 0 Å². The largest absolute Gasteiger partial charge is 0.0625 e. The Labute approximate surface area is 186 Å². The van der Waals surface area contributed by atoms with Crippen LogP contribution in [0.5, 0.6) is 0 Å². The van der Waals surface area contributed by atoms with Gasteiger partial charge in [0.15, 0.2) is 0 Å². The maximum atomic E-state index is 2.71. The molecule has 0 aromatic carbocycles. The molecule has 0 aromatic heterocycles. The van der Waals surface area contributed by atoms with Crippen LogP contribution >= 0.6 is 0 Å². The third-order valence-electron chi connectivity index (χ3n) is 11.9. The molecule has 0 saturated heterocycles. The van der Waals surface area contributed by atoms with E-state index in [0.717, 1.165) is 0 Å². The summed E-state index contributed by atoms with van der Waals surface area (Å²) in [5.41, 5.74) is 1.20. The lowest BCUT2D eigenvalue weighted by molar-refractivity contribution is -0.324. The Balaban J connectivity index is 4.26. The monoisotopic (exact) mass is 406 g/mol. The fraction of sp³-hybridized carbons (Fsp3) is 1.00. The van der Waals surface area contributed by atoms with Gasteiger partial charge in [-0.3, -0.25) is 0 Å². The zero-order valence-corrected chi connectivity index (χ0v) is 23.5. The highest BCUT2D eigenvalue weighted by molar-refractivity contribution is 5.23. The molecule has 0 heteroatoms. The lowest BCUT2D eigenvalue weighted by atomic mass is 9.24. The van der Waals surface area contributed by atoms with E-state index in [-0.39, 0.29) is 27.1 Å². The van der Waals surface area contributed by atoms with Gasteiger partial charge in [-0.2, -0.15) is 0 Å². The van der Waals surface area contributed by atoms with Gasteiger partial charge in [0.05, 0.1) is 0 Å². The average molecular weight is 407 g/mol. The number of hydrogen-bond acceptors (Lipinski definition) is 0. The van der Waals surface area contributed by atoms with Crippen molar-refractivity contribution < 1.29 is 0 Å². The molecule has 29 heavy (non-hydrogen) atoms. The fourth-order valence-electron chi connectivity index (χ4n) is 9.40. The molecule has 1 saturated carbocycles. The predicted molar refractivity (Wildman–Crippen MR) is 133 cm³/mol. The predicted octanol–water partition coefficient (Wildman–Crippen LogP) is 9.58. The van der Waals surface area contributed by atoms with Crippen LogP contribution in [0.25, 0.3) is 0 Å². The maximum absolute atomic E-state index is 2.71. The van der Waals surface area contributed by atoms with Gasteiger partial charge in [-0.15, -0.1) is 0 Å². The Hall–Kier alpha value is 0. The van der Waals surface area contributed by atoms with Crippen molar-refractivity contribution >= 4 is 0 Å². The summed E-state index contributed by atoms with van der Waals surface area (Å²) in [5, 5.41) is 0. The molecule has 1 aliphatic carbocycles. The van der Waals surface area contributed by atoms with Gasteiger partial charge in [-0.05, 0) is 68.5 Å². The van der Waals surface area contributed by atoms with Crippen LogP contribution in [0.4, 0.5) is 0 Å². The summed E-state index contributed by atoms with van der Waals surface area (Å²) < 4.78 is 0. The molecule has 0 radical (unpaired) electrons. The summed E-state index contributed by atoms with van der Waals surface area (Å²) in [5.74, 6) is 4.75. The molecule has 1 fully saturated rings. The van der Waals surface area contributed by atoms with Crippen LogP contribution in [0, 0.1) is 68.5 Å². The first-order chi connectivity index (χ1) is 12.7. The molecule has 1 unspecified atom stereocenters. The Morgan fingerprint density at radius 1 is 0.655 bits per heavy atom. The van der Waals surface area contributed by atoms with E-state index in [1.165, 1.54) is 0 Å². The van der Waals surface area contributed by atoms with Crippen molar-refractivity contribution in [3.63, 3.8) is 0 Å². The van der Waals surface area contributed by atoms with Crippen molar-refractivity contribution in [1.82, 2.24) is 0 Å². The second kappa shape index (κ2) is 7.85. The summed E-state index contributed by atoms with van der Waals surface area (Å²) in [4.78, 5) is 0. The van der Waals surface area contributed by atoms with Crippen molar-refractivity contribution in [3.8, 4) is 0 Å². The van der Waals surface area contributed by atoms with E-state index in [1.807, 2.05) is 0 Å². The Kier molecular flexibility index (Phi) is 7.32. The zero-order valence-electron chi connectivity index (χ0n) is 23.5. The molecule has 0 heterocycles. The summed E-state index contributed by atoms with van der Waals surface area (Å²) in [6.07, 6.45) is 0. The van der Waals surface area contributed by atoms with Crippen molar-refractivity contribution in [2.45, 2.75) is 118 Å². The van der Waals surface area contributed by atoms with Gasteiger partial charge in [0.25, 0.3) is 0 Å². The molecule has 1 rings (SSSR count). The van der Waals surface area contributed by atoms with Gasteiger partial charge in [-0.25, -0.2) is 0 Å².